The van der Waals surface area contributed by atoms with Crippen LogP contribution in [0.1, 0.15) is 22.3 Å². The Morgan fingerprint density at radius 2 is 1.53 bits per heavy atom. The zero-order valence-corrected chi connectivity index (χ0v) is 18.0. The van der Waals surface area contributed by atoms with Crippen LogP contribution in [0.2, 0.25) is 0 Å². The molecule has 0 fully saturated rings. The van der Waals surface area contributed by atoms with Crippen LogP contribution in [0.4, 0.5) is 13.2 Å². The van der Waals surface area contributed by atoms with Gasteiger partial charge in [-0.1, -0.05) is 72.8 Å². The van der Waals surface area contributed by atoms with Gasteiger partial charge in [-0.15, -0.1) is 0 Å². The molecule has 0 aliphatic heterocycles. The van der Waals surface area contributed by atoms with Gasteiger partial charge in [0, 0.05) is 6.54 Å². The Kier molecular flexibility index (Phi) is 6.88. The Bertz CT molecular complexity index is 1190. The fourth-order valence-corrected chi connectivity index (χ4v) is 4.15. The van der Waals surface area contributed by atoms with Crippen LogP contribution in [0, 0.1) is 6.92 Å². The predicted octanol–water partition coefficient (Wildman–Crippen LogP) is 4.94. The first-order valence-corrected chi connectivity index (χ1v) is 11.2. The lowest BCUT2D eigenvalue weighted by atomic mass is 9.89. The second-order valence-corrected chi connectivity index (χ2v) is 9.05. The van der Waals surface area contributed by atoms with Crippen molar-refractivity contribution in [2.24, 2.45) is 0 Å². The van der Waals surface area contributed by atoms with Gasteiger partial charge in [-0.2, -0.15) is 13.2 Å². The van der Waals surface area contributed by atoms with Gasteiger partial charge in [0.15, 0.2) is 0 Å². The second-order valence-electron chi connectivity index (χ2n) is 7.29. The number of alkyl halides is 3. The summed E-state index contributed by atoms with van der Waals surface area (Å²) in [5.41, 5.74) is -2.14. The minimum Gasteiger partial charge on any atom is -0.373 e. The summed E-state index contributed by atoms with van der Waals surface area (Å²) in [5, 5.41) is 10.6. The van der Waals surface area contributed by atoms with E-state index in [9.17, 15) is 26.7 Å². The lowest BCUT2D eigenvalue weighted by Crippen LogP contribution is -2.40. The van der Waals surface area contributed by atoms with Crippen LogP contribution < -0.4 is 4.72 Å². The van der Waals surface area contributed by atoms with Crippen molar-refractivity contribution in [2.75, 3.05) is 0 Å². The zero-order valence-electron chi connectivity index (χ0n) is 17.2. The van der Waals surface area contributed by atoms with Crippen molar-refractivity contribution in [1.82, 2.24) is 4.72 Å². The summed E-state index contributed by atoms with van der Waals surface area (Å²) in [4.78, 5) is 0.0896. The van der Waals surface area contributed by atoms with Crippen LogP contribution >= 0.6 is 0 Å². The maximum absolute atomic E-state index is 13.8. The van der Waals surface area contributed by atoms with Crippen molar-refractivity contribution in [2.45, 2.75) is 30.1 Å². The number of sulfonamides is 1. The largest absolute Gasteiger partial charge is 0.425 e. The monoisotopic (exact) mass is 461 g/mol. The molecule has 32 heavy (non-hydrogen) atoms. The van der Waals surface area contributed by atoms with Gasteiger partial charge in [0.05, 0.1) is 4.90 Å². The van der Waals surface area contributed by atoms with E-state index in [1.165, 1.54) is 30.3 Å². The number of benzene rings is 3. The summed E-state index contributed by atoms with van der Waals surface area (Å²) in [6.07, 6.45) is -3.03. The van der Waals surface area contributed by atoms with Gasteiger partial charge in [0.2, 0.25) is 15.6 Å². The van der Waals surface area contributed by atoms with Gasteiger partial charge in [0.25, 0.3) is 0 Å². The molecule has 0 saturated carbocycles. The minimum atomic E-state index is -4.96. The van der Waals surface area contributed by atoms with E-state index in [1.807, 2.05) is 0 Å². The van der Waals surface area contributed by atoms with Crippen molar-refractivity contribution >= 4 is 16.1 Å². The molecule has 4 nitrogen and oxygen atoms in total. The quantitative estimate of drug-likeness (QED) is 0.524. The molecule has 0 heterocycles. The summed E-state index contributed by atoms with van der Waals surface area (Å²) in [7, 11) is -3.77. The summed E-state index contributed by atoms with van der Waals surface area (Å²) in [6.45, 7) is 1.46. The molecule has 0 spiro atoms. The Hall–Kier alpha value is -2.94. The Morgan fingerprint density at radius 3 is 2.09 bits per heavy atom. The van der Waals surface area contributed by atoms with E-state index >= 15 is 0 Å². The summed E-state index contributed by atoms with van der Waals surface area (Å²) in [5.74, 6) is 0. The van der Waals surface area contributed by atoms with Crippen molar-refractivity contribution in [3.63, 3.8) is 0 Å². The average Bonchev–Trinajstić information content (AvgIpc) is 2.77. The van der Waals surface area contributed by atoms with E-state index < -0.39 is 21.8 Å². The molecule has 0 aliphatic carbocycles. The predicted molar refractivity (Wildman–Crippen MR) is 117 cm³/mol. The molecule has 0 saturated heterocycles. The molecule has 0 bridgehead atoms. The van der Waals surface area contributed by atoms with Crippen molar-refractivity contribution in [3.8, 4) is 0 Å². The first-order chi connectivity index (χ1) is 15.0. The van der Waals surface area contributed by atoms with Crippen LogP contribution in [0.3, 0.4) is 0 Å². The maximum Gasteiger partial charge on any atom is 0.425 e. The fraction of sp³-hybridized carbons (Fsp3) is 0.167. The topological polar surface area (TPSA) is 66.4 Å². The van der Waals surface area contributed by atoms with E-state index in [-0.39, 0.29) is 17.0 Å². The molecule has 8 heteroatoms. The number of nitrogens with one attached hydrogen (secondary N) is 1. The van der Waals surface area contributed by atoms with E-state index in [1.54, 1.807) is 55.5 Å². The van der Waals surface area contributed by atoms with Crippen LogP contribution in [-0.2, 0) is 22.2 Å². The minimum absolute atomic E-state index is 0.0896. The number of aryl methyl sites for hydroxylation is 1. The highest BCUT2D eigenvalue weighted by Crippen LogP contribution is 2.41. The molecular formula is C24H22F3NO3S. The summed E-state index contributed by atoms with van der Waals surface area (Å²) < 4.78 is 68.7. The number of aliphatic hydroxyl groups is 1. The highest BCUT2D eigenvalue weighted by Gasteiger charge is 2.53. The van der Waals surface area contributed by atoms with Crippen LogP contribution in [0.15, 0.2) is 89.8 Å². The first-order valence-electron chi connectivity index (χ1n) is 9.71. The molecule has 0 amide bonds. The van der Waals surface area contributed by atoms with E-state index in [0.29, 0.717) is 16.7 Å². The second kappa shape index (κ2) is 9.28. The van der Waals surface area contributed by atoms with Crippen LogP contribution in [0.5, 0.6) is 0 Å². The number of halogens is 3. The highest BCUT2D eigenvalue weighted by atomic mass is 32.2. The lowest BCUT2D eigenvalue weighted by molar-refractivity contribution is -0.244. The van der Waals surface area contributed by atoms with Gasteiger partial charge in [0.1, 0.15) is 0 Å². The molecule has 3 rings (SSSR count). The van der Waals surface area contributed by atoms with Crippen LogP contribution in [-0.4, -0.2) is 19.7 Å². The Morgan fingerprint density at radius 1 is 0.938 bits per heavy atom. The van der Waals surface area contributed by atoms with E-state index in [0.717, 1.165) is 12.1 Å². The van der Waals surface area contributed by atoms with Crippen LogP contribution in [0.25, 0.3) is 6.08 Å². The summed E-state index contributed by atoms with van der Waals surface area (Å²) >= 11 is 0. The standard InChI is InChI=1S/C24H22F3NO3S/c1-18-16-21(23(29,24(25,26)27)15-14-19-8-4-2-5-9-19)13-12-20(18)17-28-32(30,31)22-10-6-3-7-11-22/h2-16,28-29H,17H2,1H3. The Labute approximate surface area is 185 Å². The smallest absolute Gasteiger partial charge is 0.373 e. The first kappa shape index (κ1) is 23.7. The molecule has 168 valence electrons. The van der Waals surface area contributed by atoms with Crippen molar-refractivity contribution in [3.05, 3.63) is 107 Å². The third-order valence-corrected chi connectivity index (χ3v) is 6.45. The van der Waals surface area contributed by atoms with Gasteiger partial charge < -0.3 is 5.11 Å². The normalized spacial score (nSPS) is 14.4. The van der Waals surface area contributed by atoms with Gasteiger partial charge >= 0.3 is 6.18 Å². The van der Waals surface area contributed by atoms with Gasteiger partial charge in [-0.25, -0.2) is 13.1 Å². The van der Waals surface area contributed by atoms with Gasteiger partial charge in [-0.3, -0.25) is 0 Å². The molecule has 1 unspecified atom stereocenters. The SMILES string of the molecule is Cc1cc(C(O)(C=Cc2ccccc2)C(F)(F)F)ccc1CNS(=O)(=O)c1ccccc1. The highest BCUT2D eigenvalue weighted by molar-refractivity contribution is 7.89. The molecule has 1 atom stereocenters. The molecule has 0 aromatic heterocycles. The number of rotatable bonds is 7. The third-order valence-electron chi connectivity index (χ3n) is 5.04. The maximum atomic E-state index is 13.8. The van der Waals surface area contributed by atoms with Gasteiger partial charge in [-0.05, 0) is 47.4 Å². The van der Waals surface area contributed by atoms with E-state index in [4.69, 9.17) is 0 Å². The molecular weight excluding hydrogens is 439 g/mol. The van der Waals surface area contributed by atoms with Crippen molar-refractivity contribution in [1.29, 1.82) is 0 Å². The molecule has 3 aromatic rings. The van der Waals surface area contributed by atoms with E-state index in [2.05, 4.69) is 4.72 Å². The average molecular weight is 462 g/mol. The number of hydrogen-bond acceptors (Lipinski definition) is 3. The number of hydrogen-bond donors (Lipinski definition) is 2. The fourth-order valence-electron chi connectivity index (χ4n) is 3.12. The van der Waals surface area contributed by atoms with Crippen molar-refractivity contribution < 1.29 is 26.7 Å². The zero-order chi connectivity index (χ0) is 23.4. The lowest BCUT2D eigenvalue weighted by Gasteiger charge is -2.28. The molecule has 2 N–H and O–H groups in total. The Balaban J connectivity index is 1.86. The third kappa shape index (κ3) is 5.27. The molecule has 3 aromatic carbocycles. The molecule has 0 aliphatic rings. The summed E-state index contributed by atoms with van der Waals surface area (Å²) in [6, 6.07) is 19.9. The molecule has 0 radical (unpaired) electrons.